The molecule has 0 unspecified atom stereocenters. The molecule has 0 aliphatic carbocycles. The highest BCUT2D eigenvalue weighted by molar-refractivity contribution is 5.35. The number of rotatable bonds is 3. The SMILES string of the molecule is CNC(C)(C)C1(c2ccc(C)cc2)COC1. The summed E-state index contributed by atoms with van der Waals surface area (Å²) >= 11 is 0. The molecule has 2 nitrogen and oxygen atoms in total. The highest BCUT2D eigenvalue weighted by Crippen LogP contribution is 2.41. The van der Waals surface area contributed by atoms with Crippen molar-refractivity contribution in [3.63, 3.8) is 0 Å². The number of hydrogen-bond donors (Lipinski definition) is 1. The zero-order valence-corrected chi connectivity index (χ0v) is 10.6. The molecule has 1 aromatic rings. The molecule has 0 amide bonds. The van der Waals surface area contributed by atoms with Crippen molar-refractivity contribution in [2.45, 2.75) is 31.7 Å². The molecule has 1 saturated heterocycles. The van der Waals surface area contributed by atoms with E-state index in [0.717, 1.165) is 13.2 Å². The summed E-state index contributed by atoms with van der Waals surface area (Å²) in [6, 6.07) is 8.83. The van der Waals surface area contributed by atoms with Crippen LogP contribution in [-0.4, -0.2) is 25.8 Å². The van der Waals surface area contributed by atoms with Crippen molar-refractivity contribution in [2.24, 2.45) is 0 Å². The minimum absolute atomic E-state index is 0.0561. The normalized spacial score (nSPS) is 19.2. The van der Waals surface area contributed by atoms with E-state index < -0.39 is 0 Å². The van der Waals surface area contributed by atoms with Crippen LogP contribution in [0.15, 0.2) is 24.3 Å². The minimum atomic E-state index is 0.0561. The lowest BCUT2D eigenvalue weighted by molar-refractivity contribution is -0.0991. The van der Waals surface area contributed by atoms with E-state index in [9.17, 15) is 0 Å². The maximum Gasteiger partial charge on any atom is 0.0603 e. The Morgan fingerprint density at radius 2 is 1.75 bits per heavy atom. The first-order chi connectivity index (χ1) is 7.52. The van der Waals surface area contributed by atoms with Crippen molar-refractivity contribution < 1.29 is 4.74 Å². The van der Waals surface area contributed by atoms with Crippen LogP contribution in [0.2, 0.25) is 0 Å². The number of nitrogens with one attached hydrogen (secondary N) is 1. The average Bonchev–Trinajstić information content (AvgIpc) is 2.19. The van der Waals surface area contributed by atoms with E-state index in [1.807, 2.05) is 7.05 Å². The third-order valence-corrected chi connectivity index (χ3v) is 4.12. The summed E-state index contributed by atoms with van der Waals surface area (Å²) in [4.78, 5) is 0. The molecule has 16 heavy (non-hydrogen) atoms. The highest BCUT2D eigenvalue weighted by Gasteiger charge is 2.51. The molecule has 2 rings (SSSR count). The molecule has 0 aromatic heterocycles. The van der Waals surface area contributed by atoms with Crippen molar-refractivity contribution in [1.82, 2.24) is 5.32 Å². The zero-order valence-electron chi connectivity index (χ0n) is 10.6. The molecule has 88 valence electrons. The number of ether oxygens (including phenoxy) is 1. The molecule has 1 aromatic carbocycles. The van der Waals surface area contributed by atoms with E-state index in [1.54, 1.807) is 0 Å². The van der Waals surface area contributed by atoms with Crippen LogP contribution in [0.4, 0.5) is 0 Å². The van der Waals surface area contributed by atoms with Gasteiger partial charge in [-0.05, 0) is 33.4 Å². The highest BCUT2D eigenvalue weighted by atomic mass is 16.5. The van der Waals surface area contributed by atoms with E-state index in [1.165, 1.54) is 11.1 Å². The van der Waals surface area contributed by atoms with E-state index in [4.69, 9.17) is 4.74 Å². The fourth-order valence-electron chi connectivity index (χ4n) is 2.31. The quantitative estimate of drug-likeness (QED) is 0.842. The Bertz CT molecular complexity index is 363. The molecule has 1 aliphatic heterocycles. The van der Waals surface area contributed by atoms with Crippen molar-refractivity contribution >= 4 is 0 Å². The van der Waals surface area contributed by atoms with Gasteiger partial charge in [0, 0.05) is 5.54 Å². The summed E-state index contributed by atoms with van der Waals surface area (Å²) < 4.78 is 5.47. The van der Waals surface area contributed by atoms with Gasteiger partial charge in [0.2, 0.25) is 0 Å². The van der Waals surface area contributed by atoms with Crippen molar-refractivity contribution in [1.29, 1.82) is 0 Å². The summed E-state index contributed by atoms with van der Waals surface area (Å²) in [5, 5.41) is 3.42. The van der Waals surface area contributed by atoms with Crippen molar-refractivity contribution in [2.75, 3.05) is 20.3 Å². The van der Waals surface area contributed by atoms with Gasteiger partial charge in [0.25, 0.3) is 0 Å². The molecule has 0 saturated carbocycles. The summed E-state index contributed by atoms with van der Waals surface area (Å²) in [7, 11) is 2.02. The lowest BCUT2D eigenvalue weighted by Gasteiger charge is -2.52. The number of hydrogen-bond acceptors (Lipinski definition) is 2. The lowest BCUT2D eigenvalue weighted by Crippen LogP contribution is -2.65. The maximum absolute atomic E-state index is 5.47. The first-order valence-electron chi connectivity index (χ1n) is 5.86. The maximum atomic E-state index is 5.47. The Morgan fingerprint density at radius 1 is 1.19 bits per heavy atom. The molecule has 0 bridgehead atoms. The Labute approximate surface area is 98.0 Å². The van der Waals surface area contributed by atoms with Gasteiger partial charge in [-0.15, -0.1) is 0 Å². The van der Waals surface area contributed by atoms with Gasteiger partial charge in [-0.25, -0.2) is 0 Å². The molecule has 1 fully saturated rings. The zero-order chi connectivity index (χ0) is 11.8. The van der Waals surface area contributed by atoms with Gasteiger partial charge >= 0.3 is 0 Å². The monoisotopic (exact) mass is 219 g/mol. The summed E-state index contributed by atoms with van der Waals surface area (Å²) in [6.45, 7) is 8.23. The second kappa shape index (κ2) is 3.86. The van der Waals surface area contributed by atoms with Crippen LogP contribution in [0, 0.1) is 6.92 Å². The van der Waals surface area contributed by atoms with E-state index >= 15 is 0 Å². The van der Waals surface area contributed by atoms with Gasteiger partial charge in [0.1, 0.15) is 0 Å². The molecule has 2 heteroatoms. The largest absolute Gasteiger partial charge is 0.379 e. The van der Waals surface area contributed by atoms with Gasteiger partial charge < -0.3 is 10.1 Å². The van der Waals surface area contributed by atoms with Crippen LogP contribution in [0.25, 0.3) is 0 Å². The van der Waals surface area contributed by atoms with E-state index in [0.29, 0.717) is 0 Å². The second-order valence-electron chi connectivity index (χ2n) is 5.32. The van der Waals surface area contributed by atoms with Crippen LogP contribution >= 0.6 is 0 Å². The molecule has 1 aliphatic rings. The molecule has 1 heterocycles. The van der Waals surface area contributed by atoms with E-state index in [-0.39, 0.29) is 11.0 Å². The smallest absolute Gasteiger partial charge is 0.0603 e. The van der Waals surface area contributed by atoms with Crippen LogP contribution in [0.3, 0.4) is 0 Å². The van der Waals surface area contributed by atoms with Crippen molar-refractivity contribution in [3.8, 4) is 0 Å². The summed E-state index contributed by atoms with van der Waals surface area (Å²) in [5.41, 5.74) is 2.86. The minimum Gasteiger partial charge on any atom is -0.379 e. The van der Waals surface area contributed by atoms with Gasteiger partial charge in [-0.3, -0.25) is 0 Å². The first kappa shape index (κ1) is 11.6. The van der Waals surface area contributed by atoms with Crippen LogP contribution in [0.1, 0.15) is 25.0 Å². The fraction of sp³-hybridized carbons (Fsp3) is 0.571. The molecule has 1 N–H and O–H groups in total. The Morgan fingerprint density at radius 3 is 2.12 bits per heavy atom. The molecule has 0 atom stereocenters. The lowest BCUT2D eigenvalue weighted by atomic mass is 9.65. The molecular weight excluding hydrogens is 198 g/mol. The summed E-state index contributed by atoms with van der Waals surface area (Å²) in [5.74, 6) is 0. The Balaban J connectivity index is 2.39. The predicted octanol–water partition coefficient (Wildman–Crippen LogP) is 2.26. The molecular formula is C14H21NO. The van der Waals surface area contributed by atoms with Gasteiger partial charge in [0.15, 0.2) is 0 Å². The average molecular weight is 219 g/mol. The number of likely N-dealkylation sites (N-methyl/N-ethyl adjacent to an activating group) is 1. The third-order valence-electron chi connectivity index (χ3n) is 4.12. The number of aryl methyl sites for hydroxylation is 1. The third kappa shape index (κ3) is 1.57. The Kier molecular flexibility index (Phi) is 2.81. The standard InChI is InChI=1S/C14H21NO/c1-11-5-7-12(8-6-11)14(9-16-10-14)13(2,3)15-4/h5-8,15H,9-10H2,1-4H3. The summed E-state index contributed by atoms with van der Waals surface area (Å²) in [6.07, 6.45) is 0. The first-order valence-corrected chi connectivity index (χ1v) is 5.86. The molecule has 0 radical (unpaired) electrons. The van der Waals surface area contributed by atoms with Gasteiger partial charge in [-0.1, -0.05) is 29.8 Å². The van der Waals surface area contributed by atoms with Crippen LogP contribution in [0.5, 0.6) is 0 Å². The van der Waals surface area contributed by atoms with Crippen molar-refractivity contribution in [3.05, 3.63) is 35.4 Å². The van der Waals surface area contributed by atoms with Crippen LogP contribution in [-0.2, 0) is 10.2 Å². The topological polar surface area (TPSA) is 21.3 Å². The van der Waals surface area contributed by atoms with Crippen LogP contribution < -0.4 is 5.32 Å². The predicted molar refractivity (Wildman–Crippen MR) is 66.8 cm³/mol. The van der Waals surface area contributed by atoms with E-state index in [2.05, 4.69) is 50.4 Å². The molecule has 0 spiro atoms. The van der Waals surface area contributed by atoms with Gasteiger partial charge in [0.05, 0.1) is 18.6 Å². The van der Waals surface area contributed by atoms with Gasteiger partial charge in [-0.2, -0.15) is 0 Å². The fourth-order valence-corrected chi connectivity index (χ4v) is 2.31. The number of benzene rings is 1. The second-order valence-corrected chi connectivity index (χ2v) is 5.32. The Hall–Kier alpha value is -0.860.